The maximum absolute atomic E-state index is 13.7. The third kappa shape index (κ3) is 3.49. The Bertz CT molecular complexity index is 625. The van der Waals surface area contributed by atoms with E-state index < -0.39 is 11.6 Å². The van der Waals surface area contributed by atoms with Crippen LogP contribution >= 0.6 is 15.9 Å². The molecule has 0 aliphatic rings. The van der Waals surface area contributed by atoms with Crippen molar-refractivity contribution in [3.05, 3.63) is 51.8 Å². The molecule has 0 fully saturated rings. The maximum Gasteiger partial charge on any atom is 0.173 e. The van der Waals surface area contributed by atoms with Crippen LogP contribution in [-0.2, 0) is 6.42 Å². The van der Waals surface area contributed by atoms with Crippen molar-refractivity contribution in [2.45, 2.75) is 32.4 Å². The number of likely N-dealkylation sites (N-methyl/N-ethyl adjacent to an activating group) is 1. The molecule has 2 aromatic rings. The minimum absolute atomic E-state index is 0.148. The second kappa shape index (κ2) is 6.66. The number of hydrogen-bond acceptors (Lipinski definition) is 2. The molecule has 114 valence electrons. The van der Waals surface area contributed by atoms with E-state index in [0.717, 1.165) is 11.8 Å². The highest BCUT2D eigenvalue weighted by Crippen LogP contribution is 2.29. The number of halogens is 3. The summed E-state index contributed by atoms with van der Waals surface area (Å²) in [5.41, 5.74) is 1.58. The zero-order valence-corrected chi connectivity index (χ0v) is 13.8. The summed E-state index contributed by atoms with van der Waals surface area (Å²) in [6, 6.07) is 4.82. The van der Waals surface area contributed by atoms with Gasteiger partial charge in [0.25, 0.3) is 0 Å². The highest BCUT2D eigenvalue weighted by molar-refractivity contribution is 9.10. The van der Waals surface area contributed by atoms with Crippen molar-refractivity contribution >= 4 is 15.9 Å². The first-order chi connectivity index (χ1) is 9.93. The molecule has 0 aliphatic carbocycles. The zero-order valence-electron chi connectivity index (χ0n) is 12.2. The van der Waals surface area contributed by atoms with E-state index in [1.807, 2.05) is 16.9 Å². The van der Waals surface area contributed by atoms with Gasteiger partial charge < -0.3 is 5.32 Å². The van der Waals surface area contributed by atoms with Crippen LogP contribution in [0.25, 0.3) is 0 Å². The van der Waals surface area contributed by atoms with Crippen LogP contribution in [0.4, 0.5) is 8.78 Å². The van der Waals surface area contributed by atoms with Gasteiger partial charge in [-0.05, 0) is 54.5 Å². The molecule has 1 aromatic heterocycles. The molecule has 0 aliphatic heterocycles. The Balaban J connectivity index is 2.25. The Morgan fingerprint density at radius 1 is 1.29 bits per heavy atom. The average molecular weight is 358 g/mol. The first kappa shape index (κ1) is 16.1. The van der Waals surface area contributed by atoms with Crippen LogP contribution in [0.3, 0.4) is 0 Å². The van der Waals surface area contributed by atoms with Gasteiger partial charge in [-0.1, -0.05) is 6.07 Å². The summed E-state index contributed by atoms with van der Waals surface area (Å²) >= 11 is 3.13. The van der Waals surface area contributed by atoms with Crippen LogP contribution < -0.4 is 5.32 Å². The lowest BCUT2D eigenvalue weighted by molar-refractivity contribution is 0.492. The summed E-state index contributed by atoms with van der Waals surface area (Å²) in [7, 11) is 1.79. The Morgan fingerprint density at radius 2 is 2.00 bits per heavy atom. The van der Waals surface area contributed by atoms with Gasteiger partial charge in [-0.2, -0.15) is 5.10 Å². The molecule has 0 saturated heterocycles. The fourth-order valence-electron chi connectivity index (χ4n) is 2.16. The van der Waals surface area contributed by atoms with E-state index in [2.05, 4.69) is 40.2 Å². The standard InChI is InChI=1S/C15H18BrF2N3/c1-9(2)21-7-6-10(20-21)8-13(19-3)11-4-5-12(17)15(18)14(11)16/h4-7,9,13,19H,8H2,1-3H3. The van der Waals surface area contributed by atoms with E-state index in [9.17, 15) is 8.78 Å². The van der Waals surface area contributed by atoms with Crippen LogP contribution in [-0.4, -0.2) is 16.8 Å². The van der Waals surface area contributed by atoms with Crippen molar-refractivity contribution in [2.75, 3.05) is 7.05 Å². The van der Waals surface area contributed by atoms with Gasteiger partial charge in [0.2, 0.25) is 0 Å². The van der Waals surface area contributed by atoms with Crippen LogP contribution in [0.5, 0.6) is 0 Å². The minimum atomic E-state index is -0.861. The van der Waals surface area contributed by atoms with E-state index in [1.165, 1.54) is 0 Å². The largest absolute Gasteiger partial charge is 0.313 e. The number of nitrogens with one attached hydrogen (secondary N) is 1. The van der Waals surface area contributed by atoms with Gasteiger partial charge in [0.05, 0.1) is 10.2 Å². The van der Waals surface area contributed by atoms with Gasteiger partial charge in [-0.25, -0.2) is 8.78 Å². The third-order valence-electron chi connectivity index (χ3n) is 3.39. The number of hydrogen-bond donors (Lipinski definition) is 1. The predicted molar refractivity (Wildman–Crippen MR) is 82.2 cm³/mol. The normalized spacial score (nSPS) is 12.9. The molecule has 0 radical (unpaired) electrons. The fourth-order valence-corrected chi connectivity index (χ4v) is 2.76. The molecule has 1 atom stereocenters. The molecule has 3 nitrogen and oxygen atoms in total. The van der Waals surface area contributed by atoms with Crippen LogP contribution in [0.1, 0.15) is 37.2 Å². The molecular weight excluding hydrogens is 340 g/mol. The van der Waals surface area contributed by atoms with E-state index in [0.29, 0.717) is 18.0 Å². The quantitative estimate of drug-likeness (QED) is 0.819. The molecule has 0 amide bonds. The van der Waals surface area contributed by atoms with E-state index in [1.54, 1.807) is 13.1 Å². The van der Waals surface area contributed by atoms with Crippen molar-refractivity contribution in [3.63, 3.8) is 0 Å². The van der Waals surface area contributed by atoms with E-state index in [4.69, 9.17) is 0 Å². The summed E-state index contributed by atoms with van der Waals surface area (Å²) in [6.07, 6.45) is 2.52. The monoisotopic (exact) mass is 357 g/mol. The summed E-state index contributed by atoms with van der Waals surface area (Å²) in [5, 5.41) is 7.61. The van der Waals surface area contributed by atoms with E-state index in [-0.39, 0.29) is 10.5 Å². The number of nitrogens with zero attached hydrogens (tertiary/aromatic N) is 2. The van der Waals surface area contributed by atoms with Crippen molar-refractivity contribution in [1.29, 1.82) is 0 Å². The topological polar surface area (TPSA) is 29.9 Å². The van der Waals surface area contributed by atoms with Gasteiger partial charge in [-0.15, -0.1) is 0 Å². The van der Waals surface area contributed by atoms with Crippen molar-refractivity contribution < 1.29 is 8.78 Å². The molecule has 21 heavy (non-hydrogen) atoms. The van der Waals surface area contributed by atoms with Crippen molar-refractivity contribution in [1.82, 2.24) is 15.1 Å². The minimum Gasteiger partial charge on any atom is -0.313 e. The average Bonchev–Trinajstić information content (AvgIpc) is 2.92. The Kier molecular flexibility index (Phi) is 5.11. The molecule has 2 rings (SSSR count). The molecule has 0 bridgehead atoms. The van der Waals surface area contributed by atoms with Gasteiger partial charge in [0.15, 0.2) is 11.6 Å². The van der Waals surface area contributed by atoms with Gasteiger partial charge in [0.1, 0.15) is 0 Å². The predicted octanol–water partition coefficient (Wildman–Crippen LogP) is 4.01. The summed E-state index contributed by atoms with van der Waals surface area (Å²) in [5.74, 6) is -1.72. The molecule has 0 saturated carbocycles. The molecule has 1 aromatic carbocycles. The lowest BCUT2D eigenvalue weighted by Crippen LogP contribution is -2.20. The van der Waals surface area contributed by atoms with Crippen LogP contribution in [0.2, 0.25) is 0 Å². The van der Waals surface area contributed by atoms with E-state index >= 15 is 0 Å². The second-order valence-corrected chi connectivity index (χ2v) is 5.98. The zero-order chi connectivity index (χ0) is 15.6. The Hall–Kier alpha value is -1.27. The van der Waals surface area contributed by atoms with Gasteiger partial charge in [0, 0.05) is 24.7 Å². The molecule has 1 heterocycles. The number of rotatable bonds is 5. The van der Waals surface area contributed by atoms with Gasteiger partial charge >= 0.3 is 0 Å². The molecular formula is C15H18BrF2N3. The first-order valence-electron chi connectivity index (χ1n) is 6.78. The second-order valence-electron chi connectivity index (χ2n) is 5.19. The summed E-state index contributed by atoms with van der Waals surface area (Å²) in [4.78, 5) is 0. The van der Waals surface area contributed by atoms with Crippen LogP contribution in [0, 0.1) is 11.6 Å². The molecule has 1 unspecified atom stereocenters. The maximum atomic E-state index is 13.7. The lowest BCUT2D eigenvalue weighted by atomic mass is 10.0. The lowest BCUT2D eigenvalue weighted by Gasteiger charge is -2.17. The highest BCUT2D eigenvalue weighted by atomic mass is 79.9. The van der Waals surface area contributed by atoms with Gasteiger partial charge in [-0.3, -0.25) is 4.68 Å². The summed E-state index contributed by atoms with van der Waals surface area (Å²) < 4.78 is 28.9. The first-order valence-corrected chi connectivity index (χ1v) is 7.58. The Labute approximate surface area is 131 Å². The molecule has 6 heteroatoms. The SMILES string of the molecule is CNC(Cc1ccn(C(C)C)n1)c1ccc(F)c(F)c1Br. The Morgan fingerprint density at radius 3 is 2.57 bits per heavy atom. The highest BCUT2D eigenvalue weighted by Gasteiger charge is 2.19. The molecule has 1 N–H and O–H groups in total. The van der Waals surface area contributed by atoms with Crippen molar-refractivity contribution in [3.8, 4) is 0 Å². The smallest absolute Gasteiger partial charge is 0.173 e. The van der Waals surface area contributed by atoms with Crippen molar-refractivity contribution in [2.24, 2.45) is 0 Å². The summed E-state index contributed by atoms with van der Waals surface area (Å²) in [6.45, 7) is 4.11. The third-order valence-corrected chi connectivity index (χ3v) is 4.20. The van der Waals surface area contributed by atoms with Crippen LogP contribution in [0.15, 0.2) is 28.9 Å². The number of aromatic nitrogens is 2. The molecule has 0 spiro atoms. The number of benzene rings is 1. The fraction of sp³-hybridized carbons (Fsp3) is 0.400.